The molecule has 8 heteroatoms. The third-order valence-electron chi connectivity index (χ3n) is 4.44. The van der Waals surface area contributed by atoms with Crippen molar-refractivity contribution >= 4 is 35.4 Å². The van der Waals surface area contributed by atoms with Crippen LogP contribution in [0.4, 0.5) is 9.59 Å². The summed E-state index contributed by atoms with van der Waals surface area (Å²) in [6.45, 7) is 4.08. The van der Waals surface area contributed by atoms with Gasteiger partial charge in [-0.05, 0) is 41.8 Å². The quantitative estimate of drug-likeness (QED) is 0.463. The molecular formula is C22H26Cl2N2O4. The molecule has 0 unspecified atom stereocenters. The molecule has 0 radical (unpaired) electrons. The lowest BCUT2D eigenvalue weighted by atomic mass is 10.1. The number of carbonyl (C=O) groups is 2. The molecule has 0 saturated carbocycles. The van der Waals surface area contributed by atoms with Crippen LogP contribution in [0, 0.1) is 0 Å². The van der Waals surface area contributed by atoms with Crippen molar-refractivity contribution in [1.82, 2.24) is 4.90 Å². The Bertz CT molecular complexity index is 796. The van der Waals surface area contributed by atoms with Crippen LogP contribution in [0.25, 0.3) is 0 Å². The zero-order valence-corrected chi connectivity index (χ0v) is 18.6. The normalized spacial score (nSPS) is 12.7. The van der Waals surface area contributed by atoms with Crippen molar-refractivity contribution in [2.45, 2.75) is 52.0 Å². The molecule has 2 aromatic rings. The van der Waals surface area contributed by atoms with Crippen LogP contribution >= 0.6 is 23.2 Å². The standard InChI is InChI=1S/C22H26Cl2N2O4/c1-3-4-13-22(2,29-20(25)27)30-21(28)26(14-16-5-9-18(23)10-6-16)15-17-7-11-19(24)12-8-17/h5-12H,3-4,13-15H2,1-2H3,(H2,25,27)/t22-/m0/s1. The number of hydrogen-bond donors (Lipinski definition) is 1. The molecule has 0 spiro atoms. The maximum Gasteiger partial charge on any atom is 0.413 e. The van der Waals surface area contributed by atoms with E-state index in [9.17, 15) is 9.59 Å². The van der Waals surface area contributed by atoms with Crippen LogP contribution in [0.1, 0.15) is 44.2 Å². The van der Waals surface area contributed by atoms with Gasteiger partial charge in [-0.2, -0.15) is 0 Å². The zero-order chi connectivity index (χ0) is 22.1. The highest BCUT2D eigenvalue weighted by molar-refractivity contribution is 6.30. The summed E-state index contributed by atoms with van der Waals surface area (Å²) >= 11 is 11.9. The van der Waals surface area contributed by atoms with Crippen LogP contribution in [-0.4, -0.2) is 22.9 Å². The molecule has 2 amide bonds. The molecule has 30 heavy (non-hydrogen) atoms. The molecule has 0 aliphatic heterocycles. The number of primary amides is 1. The fourth-order valence-corrected chi connectivity index (χ4v) is 3.14. The Morgan fingerprint density at radius 2 is 1.40 bits per heavy atom. The number of ether oxygens (including phenoxy) is 2. The average Bonchev–Trinajstić information content (AvgIpc) is 2.68. The first-order valence-electron chi connectivity index (χ1n) is 9.66. The van der Waals surface area contributed by atoms with Crippen molar-refractivity contribution in [2.24, 2.45) is 5.73 Å². The minimum Gasteiger partial charge on any atom is -0.407 e. The number of nitrogens with two attached hydrogens (primary N) is 1. The topological polar surface area (TPSA) is 81.9 Å². The number of rotatable bonds is 9. The van der Waals surface area contributed by atoms with Crippen molar-refractivity contribution in [3.8, 4) is 0 Å². The first-order valence-corrected chi connectivity index (χ1v) is 10.4. The van der Waals surface area contributed by atoms with Gasteiger partial charge in [-0.3, -0.25) is 4.90 Å². The second-order valence-electron chi connectivity index (χ2n) is 7.14. The van der Waals surface area contributed by atoms with E-state index >= 15 is 0 Å². The van der Waals surface area contributed by atoms with Crippen LogP contribution in [0.5, 0.6) is 0 Å². The van der Waals surface area contributed by atoms with Crippen LogP contribution in [0.3, 0.4) is 0 Å². The second-order valence-corrected chi connectivity index (χ2v) is 8.01. The third-order valence-corrected chi connectivity index (χ3v) is 4.94. The third kappa shape index (κ3) is 7.76. The molecule has 0 aromatic heterocycles. The minimum atomic E-state index is -1.45. The van der Waals surface area contributed by atoms with E-state index in [0.717, 1.165) is 17.5 Å². The van der Waals surface area contributed by atoms with Crippen LogP contribution in [0.15, 0.2) is 48.5 Å². The average molecular weight is 453 g/mol. The molecule has 2 N–H and O–H groups in total. The van der Waals surface area contributed by atoms with Crippen molar-refractivity contribution < 1.29 is 19.1 Å². The first-order chi connectivity index (χ1) is 14.2. The Morgan fingerprint density at radius 1 is 0.933 bits per heavy atom. The predicted octanol–water partition coefficient (Wildman–Crippen LogP) is 6.13. The first kappa shape index (κ1) is 23.8. The van der Waals surface area contributed by atoms with E-state index in [4.69, 9.17) is 38.4 Å². The van der Waals surface area contributed by atoms with E-state index in [2.05, 4.69) is 0 Å². The van der Waals surface area contributed by atoms with E-state index in [1.165, 1.54) is 11.8 Å². The number of amides is 2. The fourth-order valence-electron chi connectivity index (χ4n) is 2.89. The molecule has 0 aliphatic carbocycles. The van der Waals surface area contributed by atoms with Gasteiger partial charge in [-0.15, -0.1) is 0 Å². The summed E-state index contributed by atoms with van der Waals surface area (Å²) in [7, 11) is 0. The molecule has 6 nitrogen and oxygen atoms in total. The van der Waals surface area contributed by atoms with Crippen LogP contribution < -0.4 is 5.73 Å². The van der Waals surface area contributed by atoms with E-state index in [-0.39, 0.29) is 13.1 Å². The molecule has 2 aromatic carbocycles. The Kier molecular flexibility index (Phi) is 8.81. The highest BCUT2D eigenvalue weighted by atomic mass is 35.5. The maximum atomic E-state index is 13.1. The van der Waals surface area contributed by atoms with Crippen molar-refractivity contribution in [1.29, 1.82) is 0 Å². The van der Waals surface area contributed by atoms with Gasteiger partial charge in [0.2, 0.25) is 0 Å². The van der Waals surface area contributed by atoms with Crippen molar-refractivity contribution in [2.75, 3.05) is 0 Å². The number of halogens is 2. The molecule has 0 bridgehead atoms. The van der Waals surface area contributed by atoms with Gasteiger partial charge in [0.25, 0.3) is 5.79 Å². The lowest BCUT2D eigenvalue weighted by Gasteiger charge is -2.31. The predicted molar refractivity (Wildman–Crippen MR) is 117 cm³/mol. The Hall–Kier alpha value is -2.44. The maximum absolute atomic E-state index is 13.1. The van der Waals surface area contributed by atoms with Gasteiger partial charge in [0.05, 0.1) is 0 Å². The smallest absolute Gasteiger partial charge is 0.407 e. The number of hydrogen-bond acceptors (Lipinski definition) is 4. The Morgan fingerprint density at radius 3 is 1.80 bits per heavy atom. The lowest BCUT2D eigenvalue weighted by Crippen LogP contribution is -2.43. The lowest BCUT2D eigenvalue weighted by molar-refractivity contribution is -0.159. The van der Waals surface area contributed by atoms with E-state index in [0.29, 0.717) is 22.9 Å². The SMILES string of the molecule is CCCC[C@@](C)(OC(N)=O)OC(=O)N(Cc1ccc(Cl)cc1)Cc1ccc(Cl)cc1. The highest BCUT2D eigenvalue weighted by Gasteiger charge is 2.34. The Labute approximate surface area is 186 Å². The summed E-state index contributed by atoms with van der Waals surface area (Å²) in [5.41, 5.74) is 6.93. The van der Waals surface area contributed by atoms with Gasteiger partial charge in [0, 0.05) is 36.5 Å². The molecule has 0 saturated heterocycles. The van der Waals surface area contributed by atoms with Gasteiger partial charge in [0.15, 0.2) is 0 Å². The second kappa shape index (κ2) is 11.1. The summed E-state index contributed by atoms with van der Waals surface area (Å²) in [6, 6.07) is 14.4. The summed E-state index contributed by atoms with van der Waals surface area (Å²) < 4.78 is 10.7. The van der Waals surface area contributed by atoms with E-state index in [1.54, 1.807) is 24.3 Å². The number of nitrogens with zero attached hydrogens (tertiary/aromatic N) is 1. The molecule has 162 valence electrons. The largest absolute Gasteiger partial charge is 0.413 e. The van der Waals surface area contributed by atoms with Crippen LogP contribution in [-0.2, 0) is 22.6 Å². The highest BCUT2D eigenvalue weighted by Crippen LogP contribution is 2.24. The monoisotopic (exact) mass is 452 g/mol. The number of carbonyl (C=O) groups excluding carboxylic acids is 2. The van der Waals surface area contributed by atoms with Crippen molar-refractivity contribution in [3.63, 3.8) is 0 Å². The van der Waals surface area contributed by atoms with Gasteiger partial charge >= 0.3 is 12.2 Å². The summed E-state index contributed by atoms with van der Waals surface area (Å²) in [4.78, 5) is 25.9. The summed E-state index contributed by atoms with van der Waals surface area (Å²) in [5, 5.41) is 1.21. The molecule has 1 atom stereocenters. The van der Waals surface area contributed by atoms with Crippen molar-refractivity contribution in [3.05, 3.63) is 69.7 Å². The van der Waals surface area contributed by atoms with Gasteiger partial charge < -0.3 is 15.2 Å². The van der Waals surface area contributed by atoms with Gasteiger partial charge in [0.1, 0.15) is 0 Å². The Balaban J connectivity index is 2.23. The zero-order valence-electron chi connectivity index (χ0n) is 17.1. The minimum absolute atomic E-state index is 0.277. The number of benzene rings is 2. The fraction of sp³-hybridized carbons (Fsp3) is 0.364. The molecule has 0 aliphatic rings. The number of unbranched alkanes of at least 4 members (excludes halogenated alkanes) is 1. The molecular weight excluding hydrogens is 427 g/mol. The van der Waals surface area contributed by atoms with Gasteiger partial charge in [-0.1, -0.05) is 60.8 Å². The van der Waals surface area contributed by atoms with E-state index < -0.39 is 18.0 Å². The molecule has 0 heterocycles. The summed E-state index contributed by atoms with van der Waals surface area (Å²) in [5.74, 6) is -1.45. The molecule has 0 fully saturated rings. The van der Waals surface area contributed by atoms with E-state index in [1.807, 2.05) is 31.2 Å². The van der Waals surface area contributed by atoms with Crippen LogP contribution in [0.2, 0.25) is 10.0 Å². The molecule has 2 rings (SSSR count). The summed E-state index contributed by atoms with van der Waals surface area (Å²) in [6.07, 6.45) is 0.261. The van der Waals surface area contributed by atoms with Gasteiger partial charge in [-0.25, -0.2) is 9.59 Å².